The molecule has 0 amide bonds. The zero-order chi connectivity index (χ0) is 14.8. The minimum atomic E-state index is 0.296. The molecule has 6 heteroatoms. The normalized spacial score (nSPS) is 23.0. The summed E-state index contributed by atoms with van der Waals surface area (Å²) >= 11 is 1.72. The van der Waals surface area contributed by atoms with Crippen LogP contribution in [-0.2, 0) is 24.8 Å². The summed E-state index contributed by atoms with van der Waals surface area (Å²) in [5.74, 6) is 0. The molecule has 114 valence electrons. The van der Waals surface area contributed by atoms with Gasteiger partial charge in [0.25, 0.3) is 0 Å². The number of hydrogen-bond donors (Lipinski definition) is 0. The first-order valence-electron chi connectivity index (χ1n) is 7.31. The first-order valence-corrected chi connectivity index (χ1v) is 8.19. The fourth-order valence-corrected chi connectivity index (χ4v) is 3.73. The molecule has 0 aliphatic carbocycles. The quantitative estimate of drug-likeness (QED) is 0.847. The van der Waals surface area contributed by atoms with Crippen molar-refractivity contribution in [1.82, 2.24) is 19.7 Å². The van der Waals surface area contributed by atoms with E-state index in [1.165, 1.54) is 11.3 Å². The van der Waals surface area contributed by atoms with Gasteiger partial charge in [0.2, 0.25) is 0 Å². The van der Waals surface area contributed by atoms with Crippen LogP contribution < -0.4 is 0 Å². The Morgan fingerprint density at radius 1 is 1.48 bits per heavy atom. The number of hydrogen-bond acceptors (Lipinski definition) is 5. The topological polar surface area (TPSA) is 43.2 Å². The van der Waals surface area contributed by atoms with Crippen molar-refractivity contribution in [2.75, 3.05) is 13.7 Å². The van der Waals surface area contributed by atoms with Gasteiger partial charge in [0.05, 0.1) is 23.0 Å². The SMILES string of the molecule is CO[C@H]1CCN(Cc2csc(C)n2)[C@@H]1Cc1cnn(C)c1. The lowest BCUT2D eigenvalue weighted by atomic mass is 10.0. The Morgan fingerprint density at radius 2 is 2.33 bits per heavy atom. The van der Waals surface area contributed by atoms with Gasteiger partial charge in [-0.15, -0.1) is 11.3 Å². The molecule has 2 aromatic heterocycles. The van der Waals surface area contributed by atoms with Gasteiger partial charge in [-0.2, -0.15) is 5.10 Å². The molecule has 2 aromatic rings. The van der Waals surface area contributed by atoms with Gasteiger partial charge >= 0.3 is 0 Å². The maximum atomic E-state index is 5.69. The fraction of sp³-hybridized carbons (Fsp3) is 0.600. The summed E-state index contributed by atoms with van der Waals surface area (Å²) in [6.07, 6.45) is 6.41. The molecule has 1 aliphatic heterocycles. The van der Waals surface area contributed by atoms with Gasteiger partial charge in [0, 0.05) is 44.9 Å². The van der Waals surface area contributed by atoms with Gasteiger partial charge in [0.1, 0.15) is 0 Å². The van der Waals surface area contributed by atoms with Crippen LogP contribution in [0.5, 0.6) is 0 Å². The number of aromatic nitrogens is 3. The highest BCUT2D eigenvalue weighted by Crippen LogP contribution is 2.26. The van der Waals surface area contributed by atoms with Gasteiger partial charge < -0.3 is 4.74 Å². The third-order valence-corrected chi connectivity index (χ3v) is 4.96. The second kappa shape index (κ2) is 6.25. The molecule has 21 heavy (non-hydrogen) atoms. The number of methoxy groups -OCH3 is 1. The molecular weight excluding hydrogens is 284 g/mol. The molecule has 0 bridgehead atoms. The van der Waals surface area contributed by atoms with E-state index in [-0.39, 0.29) is 0 Å². The smallest absolute Gasteiger partial charge is 0.0897 e. The van der Waals surface area contributed by atoms with Crippen molar-refractivity contribution in [3.63, 3.8) is 0 Å². The molecule has 1 aliphatic rings. The number of ether oxygens (including phenoxy) is 1. The molecule has 0 aromatic carbocycles. The van der Waals surface area contributed by atoms with E-state index < -0.39 is 0 Å². The van der Waals surface area contributed by atoms with Crippen LogP contribution >= 0.6 is 11.3 Å². The highest BCUT2D eigenvalue weighted by atomic mass is 32.1. The van der Waals surface area contributed by atoms with E-state index >= 15 is 0 Å². The molecule has 0 radical (unpaired) electrons. The third kappa shape index (κ3) is 3.33. The highest BCUT2D eigenvalue weighted by Gasteiger charge is 2.34. The van der Waals surface area contributed by atoms with Gasteiger partial charge in [-0.05, 0) is 25.3 Å². The first kappa shape index (κ1) is 14.7. The number of aryl methyl sites for hydroxylation is 2. The van der Waals surface area contributed by atoms with Gasteiger partial charge in [-0.25, -0.2) is 4.98 Å². The van der Waals surface area contributed by atoms with Crippen LogP contribution in [0.2, 0.25) is 0 Å². The van der Waals surface area contributed by atoms with Crippen LogP contribution in [0.15, 0.2) is 17.8 Å². The summed E-state index contributed by atoms with van der Waals surface area (Å²) in [5, 5.41) is 7.57. The largest absolute Gasteiger partial charge is 0.380 e. The molecule has 1 saturated heterocycles. The Bertz CT molecular complexity index is 594. The van der Waals surface area contributed by atoms with Crippen molar-refractivity contribution in [2.45, 2.75) is 38.5 Å². The second-order valence-electron chi connectivity index (χ2n) is 5.68. The zero-order valence-corrected chi connectivity index (χ0v) is 13.6. The van der Waals surface area contributed by atoms with Crippen LogP contribution in [0, 0.1) is 6.92 Å². The van der Waals surface area contributed by atoms with E-state index in [1.807, 2.05) is 25.0 Å². The van der Waals surface area contributed by atoms with Crippen molar-refractivity contribution >= 4 is 11.3 Å². The lowest BCUT2D eigenvalue weighted by molar-refractivity contribution is 0.0636. The Labute approximate surface area is 129 Å². The lowest BCUT2D eigenvalue weighted by Crippen LogP contribution is -2.37. The average Bonchev–Trinajstić information content (AvgIpc) is 3.14. The van der Waals surface area contributed by atoms with E-state index in [2.05, 4.69) is 33.5 Å². The maximum absolute atomic E-state index is 5.69. The van der Waals surface area contributed by atoms with E-state index in [9.17, 15) is 0 Å². The number of nitrogens with zero attached hydrogens (tertiary/aromatic N) is 4. The van der Waals surface area contributed by atoms with Gasteiger partial charge in [-0.1, -0.05) is 0 Å². The summed E-state index contributed by atoms with van der Waals surface area (Å²) in [6, 6.07) is 0.404. The number of thiazole rings is 1. The second-order valence-corrected chi connectivity index (χ2v) is 6.75. The van der Waals surface area contributed by atoms with Crippen molar-refractivity contribution in [1.29, 1.82) is 0 Å². The monoisotopic (exact) mass is 306 g/mol. The first-order chi connectivity index (χ1) is 10.2. The molecule has 5 nitrogen and oxygen atoms in total. The Morgan fingerprint density at radius 3 is 2.95 bits per heavy atom. The predicted octanol–water partition coefficient (Wildman–Crippen LogP) is 2.02. The molecule has 1 fully saturated rings. The Hall–Kier alpha value is -1.24. The average molecular weight is 306 g/mol. The Kier molecular flexibility index (Phi) is 4.37. The zero-order valence-electron chi connectivity index (χ0n) is 12.8. The van der Waals surface area contributed by atoms with Crippen LogP contribution in [0.3, 0.4) is 0 Å². The summed E-state index contributed by atoms with van der Waals surface area (Å²) in [4.78, 5) is 7.09. The third-order valence-electron chi connectivity index (χ3n) is 4.14. The molecule has 0 saturated carbocycles. The van der Waals surface area contributed by atoms with Crippen molar-refractivity contribution in [2.24, 2.45) is 7.05 Å². The van der Waals surface area contributed by atoms with E-state index in [4.69, 9.17) is 4.74 Å². The van der Waals surface area contributed by atoms with Crippen LogP contribution in [0.25, 0.3) is 0 Å². The molecule has 0 spiro atoms. The van der Waals surface area contributed by atoms with E-state index in [1.54, 1.807) is 11.3 Å². The summed E-state index contributed by atoms with van der Waals surface area (Å²) in [6.45, 7) is 4.04. The highest BCUT2D eigenvalue weighted by molar-refractivity contribution is 7.09. The van der Waals surface area contributed by atoms with Crippen LogP contribution in [0.4, 0.5) is 0 Å². The molecular formula is C15H22N4OS. The van der Waals surface area contributed by atoms with Crippen molar-refractivity contribution in [3.8, 4) is 0 Å². The van der Waals surface area contributed by atoms with Crippen LogP contribution in [-0.4, -0.2) is 45.5 Å². The van der Waals surface area contributed by atoms with Gasteiger partial charge in [0.15, 0.2) is 0 Å². The maximum Gasteiger partial charge on any atom is 0.0897 e. The van der Waals surface area contributed by atoms with E-state index in [0.29, 0.717) is 12.1 Å². The van der Waals surface area contributed by atoms with Crippen molar-refractivity contribution in [3.05, 3.63) is 34.0 Å². The van der Waals surface area contributed by atoms with Crippen molar-refractivity contribution < 1.29 is 4.74 Å². The Balaban J connectivity index is 1.72. The lowest BCUT2D eigenvalue weighted by Gasteiger charge is -2.26. The fourth-order valence-electron chi connectivity index (χ4n) is 3.13. The number of likely N-dealkylation sites (tertiary alicyclic amines) is 1. The van der Waals surface area contributed by atoms with E-state index in [0.717, 1.165) is 30.9 Å². The number of rotatable bonds is 5. The standard InChI is InChI=1S/C15H22N4OS/c1-11-17-13(10-21-11)9-19-5-4-15(20-3)14(19)6-12-7-16-18(2)8-12/h7-8,10,14-15H,4-6,9H2,1-3H3/t14-,15+/m1/s1. The summed E-state index contributed by atoms with van der Waals surface area (Å²) < 4.78 is 7.55. The molecule has 3 heterocycles. The molecule has 0 N–H and O–H groups in total. The summed E-state index contributed by atoms with van der Waals surface area (Å²) in [5.41, 5.74) is 2.44. The molecule has 0 unspecified atom stereocenters. The predicted molar refractivity (Wildman–Crippen MR) is 83.4 cm³/mol. The molecule has 2 atom stereocenters. The minimum Gasteiger partial charge on any atom is -0.380 e. The van der Waals surface area contributed by atoms with Crippen LogP contribution in [0.1, 0.15) is 22.7 Å². The van der Waals surface area contributed by atoms with Gasteiger partial charge in [-0.3, -0.25) is 9.58 Å². The minimum absolute atomic E-state index is 0.296. The molecule has 3 rings (SSSR count). The summed E-state index contributed by atoms with van der Waals surface area (Å²) in [7, 11) is 3.78.